The first-order valence-corrected chi connectivity index (χ1v) is 6.91. The van der Waals surface area contributed by atoms with Gasteiger partial charge in [-0.2, -0.15) is 0 Å². The highest BCUT2D eigenvalue weighted by Gasteiger charge is 2.19. The third-order valence-electron chi connectivity index (χ3n) is 3.46. The summed E-state index contributed by atoms with van der Waals surface area (Å²) in [6.07, 6.45) is 1.44. The molecule has 6 heteroatoms. The van der Waals surface area contributed by atoms with Crippen LogP contribution < -0.4 is 15.4 Å². The summed E-state index contributed by atoms with van der Waals surface area (Å²) in [4.78, 5) is 22.4. The zero-order valence-electron chi connectivity index (χ0n) is 10.9. The summed E-state index contributed by atoms with van der Waals surface area (Å²) in [7, 11) is 0. The Balaban J connectivity index is 1.71. The van der Waals surface area contributed by atoms with Crippen molar-refractivity contribution >= 4 is 23.1 Å². The van der Waals surface area contributed by atoms with Gasteiger partial charge < -0.3 is 14.8 Å². The molecule has 0 bridgehead atoms. The molecule has 0 spiro atoms. The van der Waals surface area contributed by atoms with Crippen LogP contribution in [0.5, 0.6) is 0 Å². The van der Waals surface area contributed by atoms with E-state index in [9.17, 15) is 4.79 Å². The molecule has 1 aromatic carbocycles. The summed E-state index contributed by atoms with van der Waals surface area (Å²) in [6.45, 7) is 3.36. The zero-order chi connectivity index (χ0) is 13.9. The second-order valence-corrected chi connectivity index (χ2v) is 5.10. The number of H-pyrrole nitrogens is 1. The van der Waals surface area contributed by atoms with E-state index in [1.165, 1.54) is 12.4 Å². The van der Waals surface area contributed by atoms with Crippen molar-refractivity contribution in [1.29, 1.82) is 0 Å². The highest BCUT2D eigenvalue weighted by molar-refractivity contribution is 6.33. The third kappa shape index (κ3) is 2.63. The van der Waals surface area contributed by atoms with Crippen molar-refractivity contribution in [2.45, 2.75) is 0 Å². The van der Waals surface area contributed by atoms with Gasteiger partial charge in [-0.3, -0.25) is 4.79 Å². The maximum absolute atomic E-state index is 11.3. The van der Waals surface area contributed by atoms with E-state index in [0.29, 0.717) is 0 Å². The van der Waals surface area contributed by atoms with E-state index >= 15 is 0 Å². The highest BCUT2D eigenvalue weighted by atomic mass is 35.5. The lowest BCUT2D eigenvalue weighted by molar-refractivity contribution is 0.646. The van der Waals surface area contributed by atoms with E-state index in [1.54, 1.807) is 0 Å². The standard InChI is InChI=1S/C14H15ClN4O/c15-11-3-1-2-4-12(11)18-5-7-19(8-6-18)13-9-14(20)17-10-16-13/h1-4,9-10H,5-8H2,(H,16,17,20). The van der Waals surface area contributed by atoms with E-state index in [4.69, 9.17) is 11.6 Å². The van der Waals surface area contributed by atoms with Crippen LogP contribution in [0, 0.1) is 0 Å². The van der Waals surface area contributed by atoms with Crippen molar-refractivity contribution in [2.75, 3.05) is 36.0 Å². The van der Waals surface area contributed by atoms with Gasteiger partial charge in [0.1, 0.15) is 5.82 Å². The van der Waals surface area contributed by atoms with Crippen molar-refractivity contribution in [2.24, 2.45) is 0 Å². The summed E-state index contributed by atoms with van der Waals surface area (Å²) in [5.41, 5.74) is 0.941. The van der Waals surface area contributed by atoms with Crippen LogP contribution in [0.3, 0.4) is 0 Å². The molecular weight excluding hydrogens is 276 g/mol. The van der Waals surface area contributed by atoms with Crippen LogP contribution in [-0.4, -0.2) is 36.1 Å². The first-order chi connectivity index (χ1) is 9.74. The largest absolute Gasteiger partial charge is 0.367 e. The minimum absolute atomic E-state index is 0.122. The van der Waals surface area contributed by atoms with Crippen LogP contribution in [0.25, 0.3) is 0 Å². The fourth-order valence-electron chi connectivity index (χ4n) is 2.42. The fraction of sp³-hybridized carbons (Fsp3) is 0.286. The maximum atomic E-state index is 11.3. The number of nitrogens with one attached hydrogen (secondary N) is 1. The first-order valence-electron chi connectivity index (χ1n) is 6.53. The Hall–Kier alpha value is -2.01. The molecule has 1 aliphatic heterocycles. The Labute approximate surface area is 121 Å². The maximum Gasteiger partial charge on any atom is 0.252 e. The summed E-state index contributed by atoms with van der Waals surface area (Å²) < 4.78 is 0. The lowest BCUT2D eigenvalue weighted by atomic mass is 10.2. The number of hydrogen-bond donors (Lipinski definition) is 1. The molecule has 2 heterocycles. The Morgan fingerprint density at radius 3 is 2.50 bits per heavy atom. The minimum Gasteiger partial charge on any atom is -0.367 e. The van der Waals surface area contributed by atoms with Gasteiger partial charge in [-0.05, 0) is 12.1 Å². The average Bonchev–Trinajstić information content (AvgIpc) is 2.48. The molecule has 0 amide bonds. The third-order valence-corrected chi connectivity index (χ3v) is 3.78. The Kier molecular flexibility index (Phi) is 3.60. The smallest absolute Gasteiger partial charge is 0.252 e. The van der Waals surface area contributed by atoms with Gasteiger partial charge in [-0.25, -0.2) is 4.98 Å². The predicted molar refractivity (Wildman–Crippen MR) is 80.7 cm³/mol. The van der Waals surface area contributed by atoms with Gasteiger partial charge in [0.05, 0.1) is 17.0 Å². The molecular formula is C14H15ClN4O. The molecule has 104 valence electrons. The topological polar surface area (TPSA) is 52.2 Å². The van der Waals surface area contributed by atoms with E-state index < -0.39 is 0 Å². The van der Waals surface area contributed by atoms with Gasteiger partial charge in [-0.1, -0.05) is 23.7 Å². The van der Waals surface area contributed by atoms with Gasteiger partial charge in [-0.15, -0.1) is 0 Å². The van der Waals surface area contributed by atoms with Crippen LogP contribution in [0.15, 0.2) is 41.5 Å². The average molecular weight is 291 g/mol. The molecule has 1 N–H and O–H groups in total. The molecule has 0 radical (unpaired) electrons. The van der Waals surface area contributed by atoms with Crippen molar-refractivity contribution < 1.29 is 0 Å². The number of rotatable bonds is 2. The number of hydrogen-bond acceptors (Lipinski definition) is 4. The molecule has 0 aliphatic carbocycles. The van der Waals surface area contributed by atoms with Gasteiger partial charge in [0.15, 0.2) is 0 Å². The SMILES string of the molecule is O=c1cc(N2CCN(c3ccccc3Cl)CC2)nc[nH]1. The number of para-hydroxylation sites is 1. The van der Waals surface area contributed by atoms with Gasteiger partial charge in [0.25, 0.3) is 5.56 Å². The predicted octanol–water partition coefficient (Wildman–Crippen LogP) is 1.75. The zero-order valence-corrected chi connectivity index (χ0v) is 11.7. The van der Waals surface area contributed by atoms with Crippen LogP contribution in [0.4, 0.5) is 11.5 Å². The summed E-state index contributed by atoms with van der Waals surface area (Å²) in [5, 5.41) is 0.773. The molecule has 20 heavy (non-hydrogen) atoms. The molecule has 3 rings (SSSR count). The molecule has 0 saturated carbocycles. The van der Waals surface area contributed by atoms with Crippen LogP contribution >= 0.6 is 11.6 Å². The number of halogens is 1. The van der Waals surface area contributed by atoms with Gasteiger partial charge in [0.2, 0.25) is 0 Å². The summed E-state index contributed by atoms with van der Waals surface area (Å²) >= 11 is 6.22. The number of aromatic amines is 1. The first kappa shape index (κ1) is 13.0. The van der Waals surface area contributed by atoms with Gasteiger partial charge in [0, 0.05) is 32.2 Å². The van der Waals surface area contributed by atoms with Crippen molar-refractivity contribution in [3.05, 3.63) is 52.0 Å². The van der Waals surface area contributed by atoms with E-state index in [1.807, 2.05) is 24.3 Å². The monoisotopic (exact) mass is 290 g/mol. The Morgan fingerprint density at radius 1 is 1.10 bits per heavy atom. The molecule has 1 aliphatic rings. The Bertz CT molecular complexity index is 649. The molecule has 0 atom stereocenters. The molecule has 1 aromatic heterocycles. The highest BCUT2D eigenvalue weighted by Crippen LogP contribution is 2.26. The van der Waals surface area contributed by atoms with E-state index in [-0.39, 0.29) is 5.56 Å². The summed E-state index contributed by atoms with van der Waals surface area (Å²) in [6, 6.07) is 9.39. The number of benzene rings is 1. The van der Waals surface area contributed by atoms with E-state index in [2.05, 4.69) is 19.8 Å². The molecule has 1 saturated heterocycles. The van der Waals surface area contributed by atoms with Crippen LogP contribution in [0.2, 0.25) is 5.02 Å². The molecule has 1 fully saturated rings. The number of piperazine rings is 1. The Morgan fingerprint density at radius 2 is 1.80 bits per heavy atom. The number of nitrogens with zero attached hydrogens (tertiary/aromatic N) is 3. The normalized spacial score (nSPS) is 15.4. The molecule has 0 unspecified atom stereocenters. The summed E-state index contributed by atoms with van der Waals surface area (Å²) in [5.74, 6) is 0.729. The van der Waals surface area contributed by atoms with E-state index in [0.717, 1.165) is 42.7 Å². The minimum atomic E-state index is -0.122. The fourth-order valence-corrected chi connectivity index (χ4v) is 2.67. The molecule has 2 aromatic rings. The quantitative estimate of drug-likeness (QED) is 0.915. The van der Waals surface area contributed by atoms with Crippen molar-refractivity contribution in [3.63, 3.8) is 0 Å². The second-order valence-electron chi connectivity index (χ2n) is 4.69. The van der Waals surface area contributed by atoms with Crippen molar-refractivity contribution in [1.82, 2.24) is 9.97 Å². The van der Waals surface area contributed by atoms with Crippen molar-refractivity contribution in [3.8, 4) is 0 Å². The second kappa shape index (κ2) is 5.54. The molecule has 5 nitrogen and oxygen atoms in total. The number of aromatic nitrogens is 2. The van der Waals surface area contributed by atoms with Gasteiger partial charge >= 0.3 is 0 Å². The van der Waals surface area contributed by atoms with Crippen LogP contribution in [-0.2, 0) is 0 Å². The lowest BCUT2D eigenvalue weighted by Gasteiger charge is -2.36. The lowest BCUT2D eigenvalue weighted by Crippen LogP contribution is -2.47. The number of anilines is 2. The van der Waals surface area contributed by atoms with Crippen LogP contribution in [0.1, 0.15) is 0 Å².